The van der Waals surface area contributed by atoms with Gasteiger partial charge in [0.2, 0.25) is 0 Å². The van der Waals surface area contributed by atoms with Gasteiger partial charge in [-0.25, -0.2) is 0 Å². The highest BCUT2D eigenvalue weighted by Crippen LogP contribution is 2.32. The average Bonchev–Trinajstić information content (AvgIpc) is 2.06. The maximum absolute atomic E-state index is 5.54. The van der Waals surface area contributed by atoms with Crippen molar-refractivity contribution < 1.29 is 0 Å². The molecule has 1 aliphatic carbocycles. The number of rotatable bonds is 2. The third kappa shape index (κ3) is 1.21. The molecule has 0 spiro atoms. The molecule has 0 aromatic heterocycles. The molecule has 0 bridgehead atoms. The largest absolute Gasteiger partial charge is 0.0834 e. The van der Waals surface area contributed by atoms with Crippen molar-refractivity contribution in [2.75, 3.05) is 0 Å². The van der Waals surface area contributed by atoms with E-state index in [9.17, 15) is 0 Å². The van der Waals surface area contributed by atoms with Crippen molar-refractivity contribution in [3.8, 4) is 0 Å². The summed E-state index contributed by atoms with van der Waals surface area (Å²) in [7, 11) is 0. The SMILES string of the molecule is [CH]=CC1(CC)C=CC=CC1. The fourth-order valence-corrected chi connectivity index (χ4v) is 1.18. The Morgan fingerprint density at radius 1 is 1.60 bits per heavy atom. The summed E-state index contributed by atoms with van der Waals surface area (Å²) in [6, 6.07) is 0. The average molecular weight is 133 g/mol. The minimum absolute atomic E-state index is 0.148. The van der Waals surface area contributed by atoms with E-state index in [1.54, 1.807) is 6.08 Å². The predicted octanol–water partition coefficient (Wildman–Crippen LogP) is 2.89. The minimum atomic E-state index is 0.148. The molecule has 1 rings (SSSR count). The summed E-state index contributed by atoms with van der Waals surface area (Å²) in [5.74, 6) is 0. The molecule has 0 saturated carbocycles. The summed E-state index contributed by atoms with van der Waals surface area (Å²) in [5, 5.41) is 0. The highest BCUT2D eigenvalue weighted by Gasteiger charge is 2.19. The summed E-state index contributed by atoms with van der Waals surface area (Å²) in [5.41, 5.74) is 0.148. The molecule has 0 aromatic rings. The van der Waals surface area contributed by atoms with Gasteiger partial charge in [0.15, 0.2) is 0 Å². The fraction of sp³-hybridized carbons (Fsp3) is 0.400. The monoisotopic (exact) mass is 133 g/mol. The fourth-order valence-electron chi connectivity index (χ4n) is 1.18. The van der Waals surface area contributed by atoms with E-state index >= 15 is 0 Å². The van der Waals surface area contributed by atoms with Crippen LogP contribution < -0.4 is 0 Å². The summed E-state index contributed by atoms with van der Waals surface area (Å²) >= 11 is 0. The third-order valence-corrected chi connectivity index (χ3v) is 2.16. The first-order chi connectivity index (χ1) is 4.83. The molecule has 0 saturated heterocycles. The second kappa shape index (κ2) is 2.87. The summed E-state index contributed by atoms with van der Waals surface area (Å²) in [6.45, 7) is 7.70. The highest BCUT2D eigenvalue weighted by molar-refractivity contribution is 5.20. The van der Waals surface area contributed by atoms with Crippen LogP contribution in [0.1, 0.15) is 19.8 Å². The predicted molar refractivity (Wildman–Crippen MR) is 44.5 cm³/mol. The van der Waals surface area contributed by atoms with Gasteiger partial charge in [-0.3, -0.25) is 0 Å². The van der Waals surface area contributed by atoms with Crippen LogP contribution in [0.4, 0.5) is 0 Å². The van der Waals surface area contributed by atoms with E-state index < -0.39 is 0 Å². The Bertz CT molecular complexity index is 174. The van der Waals surface area contributed by atoms with Gasteiger partial charge < -0.3 is 0 Å². The zero-order valence-corrected chi connectivity index (χ0v) is 6.38. The molecule has 0 nitrogen and oxygen atoms in total. The molecule has 0 heteroatoms. The standard InChI is InChI=1S/C10H13/c1-3-10(4-2)8-6-5-7-9-10/h1,3,5-8H,4,9H2,2H3. The van der Waals surface area contributed by atoms with Crippen LogP contribution in [0.25, 0.3) is 0 Å². The molecular formula is C10H13. The van der Waals surface area contributed by atoms with E-state index in [2.05, 4.69) is 31.2 Å². The molecule has 0 heterocycles. The smallest absolute Gasteiger partial charge is 0.00990 e. The van der Waals surface area contributed by atoms with Gasteiger partial charge in [-0.1, -0.05) is 43.9 Å². The molecule has 1 unspecified atom stereocenters. The van der Waals surface area contributed by atoms with Gasteiger partial charge >= 0.3 is 0 Å². The van der Waals surface area contributed by atoms with Gasteiger partial charge in [0.05, 0.1) is 0 Å². The summed E-state index contributed by atoms with van der Waals surface area (Å²) in [4.78, 5) is 0. The minimum Gasteiger partial charge on any atom is -0.0834 e. The quantitative estimate of drug-likeness (QED) is 0.543. The van der Waals surface area contributed by atoms with Crippen molar-refractivity contribution in [3.63, 3.8) is 0 Å². The molecule has 53 valence electrons. The second-order valence-corrected chi connectivity index (χ2v) is 2.74. The Hall–Kier alpha value is -0.780. The van der Waals surface area contributed by atoms with E-state index in [0.29, 0.717) is 0 Å². The van der Waals surface area contributed by atoms with Crippen LogP contribution in [0.5, 0.6) is 0 Å². The maximum Gasteiger partial charge on any atom is 0.00990 e. The molecule has 0 fully saturated rings. The van der Waals surface area contributed by atoms with Gasteiger partial charge in [0, 0.05) is 5.41 Å². The number of hydrogen-bond acceptors (Lipinski definition) is 0. The van der Waals surface area contributed by atoms with E-state index in [1.165, 1.54) is 0 Å². The van der Waals surface area contributed by atoms with Crippen molar-refractivity contribution >= 4 is 0 Å². The van der Waals surface area contributed by atoms with Gasteiger partial charge in [-0.2, -0.15) is 0 Å². The van der Waals surface area contributed by atoms with Crippen molar-refractivity contribution in [1.82, 2.24) is 0 Å². The summed E-state index contributed by atoms with van der Waals surface area (Å²) in [6.07, 6.45) is 12.4. The molecule has 0 aliphatic heterocycles. The zero-order chi connectivity index (χ0) is 7.45. The van der Waals surface area contributed by atoms with E-state index in [0.717, 1.165) is 12.8 Å². The van der Waals surface area contributed by atoms with Gasteiger partial charge in [-0.15, -0.1) is 0 Å². The first kappa shape index (κ1) is 7.33. The molecule has 1 aliphatic rings. The van der Waals surface area contributed by atoms with E-state index in [4.69, 9.17) is 6.58 Å². The maximum atomic E-state index is 5.54. The highest BCUT2D eigenvalue weighted by atomic mass is 14.2. The second-order valence-electron chi connectivity index (χ2n) is 2.74. The molecule has 1 atom stereocenters. The van der Waals surface area contributed by atoms with Crippen molar-refractivity contribution in [2.45, 2.75) is 19.8 Å². The molecule has 0 N–H and O–H groups in total. The van der Waals surface area contributed by atoms with Crippen molar-refractivity contribution in [2.24, 2.45) is 5.41 Å². The number of hydrogen-bond donors (Lipinski definition) is 0. The lowest BCUT2D eigenvalue weighted by Crippen LogP contribution is -2.13. The van der Waals surface area contributed by atoms with Crippen LogP contribution in [0, 0.1) is 12.0 Å². The first-order valence-electron chi connectivity index (χ1n) is 3.73. The Balaban J connectivity index is 2.75. The molecule has 10 heavy (non-hydrogen) atoms. The lowest BCUT2D eigenvalue weighted by Gasteiger charge is -2.25. The number of allylic oxidation sites excluding steroid dienone is 5. The normalized spacial score (nSPS) is 30.5. The molecule has 1 radical (unpaired) electrons. The molecular weight excluding hydrogens is 120 g/mol. The topological polar surface area (TPSA) is 0 Å². The Labute approximate surface area is 62.9 Å². The van der Waals surface area contributed by atoms with Crippen molar-refractivity contribution in [1.29, 1.82) is 0 Å². The Morgan fingerprint density at radius 2 is 2.40 bits per heavy atom. The zero-order valence-electron chi connectivity index (χ0n) is 6.38. The van der Waals surface area contributed by atoms with Crippen LogP contribution in [-0.2, 0) is 0 Å². The van der Waals surface area contributed by atoms with Gasteiger partial charge in [-0.05, 0) is 12.8 Å². The van der Waals surface area contributed by atoms with Crippen LogP contribution >= 0.6 is 0 Å². The molecule has 0 amide bonds. The Morgan fingerprint density at radius 3 is 2.70 bits per heavy atom. The van der Waals surface area contributed by atoms with Crippen LogP contribution in [0.15, 0.2) is 30.4 Å². The van der Waals surface area contributed by atoms with Crippen LogP contribution in [0.3, 0.4) is 0 Å². The van der Waals surface area contributed by atoms with E-state index in [1.807, 2.05) is 0 Å². The van der Waals surface area contributed by atoms with E-state index in [-0.39, 0.29) is 5.41 Å². The first-order valence-corrected chi connectivity index (χ1v) is 3.73. The molecule has 0 aromatic carbocycles. The lowest BCUT2D eigenvalue weighted by atomic mass is 9.79. The van der Waals surface area contributed by atoms with Crippen LogP contribution in [0.2, 0.25) is 0 Å². The van der Waals surface area contributed by atoms with Gasteiger partial charge in [0.1, 0.15) is 0 Å². The summed E-state index contributed by atoms with van der Waals surface area (Å²) < 4.78 is 0. The van der Waals surface area contributed by atoms with Crippen molar-refractivity contribution in [3.05, 3.63) is 37.0 Å². The van der Waals surface area contributed by atoms with Crippen LogP contribution in [-0.4, -0.2) is 0 Å². The lowest BCUT2D eigenvalue weighted by molar-refractivity contribution is 0.477. The third-order valence-electron chi connectivity index (χ3n) is 2.16. The van der Waals surface area contributed by atoms with Gasteiger partial charge in [0.25, 0.3) is 0 Å². The Kier molecular flexibility index (Phi) is 2.10.